The van der Waals surface area contributed by atoms with Gasteiger partial charge >= 0.3 is 0 Å². The van der Waals surface area contributed by atoms with Crippen molar-refractivity contribution in [3.63, 3.8) is 0 Å². The molecule has 0 radical (unpaired) electrons. The van der Waals surface area contributed by atoms with E-state index < -0.39 is 0 Å². The van der Waals surface area contributed by atoms with E-state index in [1.807, 2.05) is 17.5 Å². The fourth-order valence-electron chi connectivity index (χ4n) is 2.86. The van der Waals surface area contributed by atoms with Gasteiger partial charge in [0.1, 0.15) is 11.5 Å². The third-order valence-corrected chi connectivity index (χ3v) is 4.99. The van der Waals surface area contributed by atoms with Gasteiger partial charge in [0, 0.05) is 30.0 Å². The van der Waals surface area contributed by atoms with Crippen LogP contribution in [0.4, 0.5) is 5.13 Å². The number of hydrogen-bond acceptors (Lipinski definition) is 6. The molecule has 1 aliphatic rings. The summed E-state index contributed by atoms with van der Waals surface area (Å²) in [5, 5.41) is 12.0. The summed E-state index contributed by atoms with van der Waals surface area (Å²) < 4.78 is 10.8. The van der Waals surface area contributed by atoms with Crippen molar-refractivity contribution in [3.05, 3.63) is 34.8 Å². The molecule has 118 valence electrons. The molecule has 1 aliphatic heterocycles. The molecule has 0 amide bonds. The Balaban J connectivity index is 1.80. The number of thiazole rings is 1. The zero-order chi connectivity index (χ0) is 15.5. The van der Waals surface area contributed by atoms with Crippen molar-refractivity contribution < 1.29 is 14.6 Å². The molecule has 1 saturated heterocycles. The topological polar surface area (TPSA) is 54.8 Å². The van der Waals surface area contributed by atoms with E-state index >= 15 is 0 Å². The number of methoxy groups -OCH3 is 2. The first-order valence-electron chi connectivity index (χ1n) is 7.27. The van der Waals surface area contributed by atoms with Gasteiger partial charge in [0.15, 0.2) is 5.13 Å². The van der Waals surface area contributed by atoms with Gasteiger partial charge in [-0.25, -0.2) is 4.98 Å². The average Bonchev–Trinajstić information content (AvgIpc) is 3.22. The number of ether oxygens (including phenoxy) is 2. The zero-order valence-electron chi connectivity index (χ0n) is 12.8. The van der Waals surface area contributed by atoms with Crippen LogP contribution >= 0.6 is 11.3 Å². The molecule has 1 aromatic heterocycles. The molecule has 1 aromatic carbocycles. The highest BCUT2D eigenvalue weighted by Gasteiger charge is 2.28. The first kappa shape index (κ1) is 15.1. The second-order valence-corrected chi connectivity index (χ2v) is 6.16. The Morgan fingerprint density at radius 1 is 1.36 bits per heavy atom. The summed E-state index contributed by atoms with van der Waals surface area (Å²) in [6, 6.07) is 5.95. The predicted octanol–water partition coefficient (Wildman–Crippen LogP) is 2.65. The maximum atomic E-state index is 9.14. The lowest BCUT2D eigenvalue weighted by Gasteiger charge is -2.17. The normalized spacial score (nSPS) is 17.8. The minimum atomic E-state index is -0.00250. The fraction of sp³-hybridized carbons (Fsp3) is 0.438. The Bertz CT molecular complexity index is 644. The number of hydrogen-bond donors (Lipinski definition) is 1. The summed E-state index contributed by atoms with van der Waals surface area (Å²) >= 11 is 1.59. The minimum Gasteiger partial charge on any atom is -0.497 e. The smallest absolute Gasteiger partial charge is 0.185 e. The summed E-state index contributed by atoms with van der Waals surface area (Å²) in [6.45, 7) is 1.86. The Kier molecular flexibility index (Phi) is 4.49. The number of anilines is 1. The predicted molar refractivity (Wildman–Crippen MR) is 87.2 cm³/mol. The Labute approximate surface area is 134 Å². The van der Waals surface area contributed by atoms with Gasteiger partial charge in [-0.2, -0.15) is 0 Å². The first-order chi connectivity index (χ1) is 10.7. The van der Waals surface area contributed by atoms with Crippen LogP contribution in [0.1, 0.15) is 23.6 Å². The molecule has 1 fully saturated rings. The summed E-state index contributed by atoms with van der Waals surface area (Å²) in [5.41, 5.74) is 1.92. The molecule has 0 bridgehead atoms. The number of aliphatic hydroxyl groups is 1. The van der Waals surface area contributed by atoms with Crippen molar-refractivity contribution in [1.29, 1.82) is 0 Å². The van der Waals surface area contributed by atoms with Gasteiger partial charge in [0.25, 0.3) is 0 Å². The summed E-state index contributed by atoms with van der Waals surface area (Å²) in [6.07, 6.45) is 1.05. The van der Waals surface area contributed by atoms with Gasteiger partial charge in [-0.1, -0.05) is 0 Å². The number of rotatable bonds is 5. The molecule has 0 saturated carbocycles. The van der Waals surface area contributed by atoms with Crippen molar-refractivity contribution in [1.82, 2.24) is 4.98 Å². The largest absolute Gasteiger partial charge is 0.497 e. The van der Waals surface area contributed by atoms with Crippen LogP contribution in [0.25, 0.3) is 0 Å². The highest BCUT2D eigenvalue weighted by molar-refractivity contribution is 7.13. The molecule has 22 heavy (non-hydrogen) atoms. The van der Waals surface area contributed by atoms with Crippen LogP contribution in [0.5, 0.6) is 11.5 Å². The van der Waals surface area contributed by atoms with E-state index in [0.29, 0.717) is 5.92 Å². The monoisotopic (exact) mass is 320 g/mol. The van der Waals surface area contributed by atoms with E-state index in [-0.39, 0.29) is 6.61 Å². The number of aromatic nitrogens is 1. The lowest BCUT2D eigenvalue weighted by atomic mass is 9.97. The van der Waals surface area contributed by atoms with Crippen LogP contribution in [-0.4, -0.2) is 37.4 Å². The van der Waals surface area contributed by atoms with E-state index in [0.717, 1.165) is 41.8 Å². The quantitative estimate of drug-likeness (QED) is 0.918. The highest BCUT2D eigenvalue weighted by Crippen LogP contribution is 2.38. The molecule has 2 aromatic rings. The van der Waals surface area contributed by atoms with Gasteiger partial charge in [0.2, 0.25) is 0 Å². The maximum absolute atomic E-state index is 9.14. The summed E-state index contributed by atoms with van der Waals surface area (Å²) in [5.74, 6) is 2.15. The second kappa shape index (κ2) is 6.54. The van der Waals surface area contributed by atoms with Gasteiger partial charge in [-0.05, 0) is 24.6 Å². The van der Waals surface area contributed by atoms with Crippen LogP contribution in [0.3, 0.4) is 0 Å². The molecule has 1 atom stereocenters. The minimum absolute atomic E-state index is 0.00250. The van der Waals surface area contributed by atoms with Gasteiger partial charge < -0.3 is 19.5 Å². The zero-order valence-corrected chi connectivity index (χ0v) is 13.6. The van der Waals surface area contributed by atoms with E-state index in [2.05, 4.69) is 16.0 Å². The van der Waals surface area contributed by atoms with E-state index in [9.17, 15) is 0 Å². The van der Waals surface area contributed by atoms with Crippen molar-refractivity contribution in [2.24, 2.45) is 0 Å². The van der Waals surface area contributed by atoms with Crippen LogP contribution in [-0.2, 0) is 6.61 Å². The molecule has 6 heteroatoms. The van der Waals surface area contributed by atoms with Crippen LogP contribution in [0.15, 0.2) is 23.6 Å². The van der Waals surface area contributed by atoms with Crippen LogP contribution in [0.2, 0.25) is 0 Å². The molecular weight excluding hydrogens is 300 g/mol. The Hall–Kier alpha value is -1.79. The number of aliphatic hydroxyl groups excluding tert-OH is 1. The molecule has 0 spiro atoms. The van der Waals surface area contributed by atoms with Crippen molar-refractivity contribution in [3.8, 4) is 11.5 Å². The molecule has 2 heterocycles. The third-order valence-electron chi connectivity index (χ3n) is 4.04. The van der Waals surface area contributed by atoms with Crippen molar-refractivity contribution >= 4 is 16.5 Å². The fourth-order valence-corrected chi connectivity index (χ4v) is 3.71. The van der Waals surface area contributed by atoms with E-state index in [1.165, 1.54) is 5.56 Å². The third kappa shape index (κ3) is 2.89. The lowest BCUT2D eigenvalue weighted by Crippen LogP contribution is -2.19. The summed E-state index contributed by atoms with van der Waals surface area (Å²) in [7, 11) is 3.38. The molecule has 5 nitrogen and oxygen atoms in total. The molecule has 1 unspecified atom stereocenters. The molecular formula is C16H20N2O3S. The highest BCUT2D eigenvalue weighted by atomic mass is 32.1. The molecule has 0 aliphatic carbocycles. The van der Waals surface area contributed by atoms with Crippen molar-refractivity contribution in [2.75, 3.05) is 32.2 Å². The van der Waals surface area contributed by atoms with Crippen LogP contribution < -0.4 is 14.4 Å². The number of nitrogens with zero attached hydrogens (tertiary/aromatic N) is 2. The SMILES string of the molecule is COc1ccc(OC)c(C2CCN(c3nc(CO)cs3)C2)c1. The number of benzene rings is 1. The van der Waals surface area contributed by atoms with E-state index in [4.69, 9.17) is 14.6 Å². The Morgan fingerprint density at radius 3 is 2.91 bits per heavy atom. The van der Waals surface area contributed by atoms with E-state index in [1.54, 1.807) is 25.6 Å². The van der Waals surface area contributed by atoms with Crippen LogP contribution in [0, 0.1) is 0 Å². The van der Waals surface area contributed by atoms with Gasteiger partial charge in [-0.3, -0.25) is 0 Å². The van der Waals surface area contributed by atoms with Gasteiger partial charge in [-0.15, -0.1) is 11.3 Å². The standard InChI is InChI=1S/C16H20N2O3S/c1-20-13-3-4-15(21-2)14(7-13)11-5-6-18(8-11)16-17-12(9-19)10-22-16/h3-4,7,10-11,19H,5-6,8-9H2,1-2H3. The molecule has 1 N–H and O–H groups in total. The first-order valence-corrected chi connectivity index (χ1v) is 8.15. The molecule has 3 rings (SSSR count). The summed E-state index contributed by atoms with van der Waals surface area (Å²) in [4.78, 5) is 6.72. The Morgan fingerprint density at radius 2 is 2.23 bits per heavy atom. The average molecular weight is 320 g/mol. The second-order valence-electron chi connectivity index (χ2n) is 5.32. The van der Waals surface area contributed by atoms with Gasteiger partial charge in [0.05, 0.1) is 26.5 Å². The lowest BCUT2D eigenvalue weighted by molar-refractivity contribution is 0.277. The van der Waals surface area contributed by atoms with Crippen molar-refractivity contribution in [2.45, 2.75) is 18.9 Å². The maximum Gasteiger partial charge on any atom is 0.185 e.